The predicted octanol–water partition coefficient (Wildman–Crippen LogP) is 4.57. The van der Waals surface area contributed by atoms with E-state index in [-0.39, 0.29) is 0 Å². The van der Waals surface area contributed by atoms with E-state index in [0.29, 0.717) is 5.54 Å². The van der Waals surface area contributed by atoms with Gasteiger partial charge in [-0.05, 0) is 51.0 Å². The lowest BCUT2D eigenvalue weighted by atomic mass is 9.84. The highest BCUT2D eigenvalue weighted by atomic mass is 15.2. The largest absolute Gasteiger partial charge is 0.329 e. The van der Waals surface area contributed by atoms with Gasteiger partial charge in [-0.1, -0.05) is 52.4 Å². The Balaban J connectivity index is 2.04. The quantitative estimate of drug-likeness (QED) is 0.769. The monoisotopic (exact) mass is 294 g/mol. The molecular formula is C19H38N2. The summed E-state index contributed by atoms with van der Waals surface area (Å²) in [6.07, 6.45) is 15.3. The van der Waals surface area contributed by atoms with Gasteiger partial charge in [0.1, 0.15) is 0 Å². The summed E-state index contributed by atoms with van der Waals surface area (Å²) < 4.78 is 0. The molecule has 0 amide bonds. The number of nitrogens with zero attached hydrogens (tertiary/aromatic N) is 1. The lowest BCUT2D eigenvalue weighted by Crippen LogP contribution is -2.55. The number of hydrogen-bond donors (Lipinski definition) is 1. The van der Waals surface area contributed by atoms with Gasteiger partial charge in [-0.25, -0.2) is 0 Å². The van der Waals surface area contributed by atoms with Crippen molar-refractivity contribution in [3.8, 4) is 0 Å². The predicted molar refractivity (Wildman–Crippen MR) is 92.5 cm³/mol. The third-order valence-electron chi connectivity index (χ3n) is 6.64. The number of hydrogen-bond acceptors (Lipinski definition) is 2. The molecule has 2 heteroatoms. The Morgan fingerprint density at radius 1 is 0.952 bits per heavy atom. The Kier molecular flexibility index (Phi) is 6.55. The van der Waals surface area contributed by atoms with Gasteiger partial charge in [0.15, 0.2) is 0 Å². The average Bonchev–Trinajstić information content (AvgIpc) is 2.87. The van der Waals surface area contributed by atoms with Gasteiger partial charge < -0.3 is 5.73 Å². The first-order valence-corrected chi connectivity index (χ1v) is 9.52. The molecule has 2 unspecified atom stereocenters. The molecule has 2 aliphatic carbocycles. The van der Waals surface area contributed by atoms with Gasteiger partial charge in [-0.2, -0.15) is 0 Å². The molecule has 0 aromatic carbocycles. The van der Waals surface area contributed by atoms with E-state index in [0.717, 1.165) is 24.4 Å². The molecule has 0 aromatic rings. The molecule has 0 bridgehead atoms. The first kappa shape index (κ1) is 17.3. The van der Waals surface area contributed by atoms with Gasteiger partial charge in [0.2, 0.25) is 0 Å². The highest BCUT2D eigenvalue weighted by molar-refractivity contribution is 4.96. The van der Waals surface area contributed by atoms with E-state index in [9.17, 15) is 0 Å². The zero-order valence-electron chi connectivity index (χ0n) is 14.7. The molecule has 0 radical (unpaired) electrons. The summed E-state index contributed by atoms with van der Waals surface area (Å²) in [5.41, 5.74) is 6.62. The highest BCUT2D eigenvalue weighted by Gasteiger charge is 2.38. The lowest BCUT2D eigenvalue weighted by molar-refractivity contribution is 0.0536. The van der Waals surface area contributed by atoms with Crippen molar-refractivity contribution >= 4 is 0 Å². The first-order valence-electron chi connectivity index (χ1n) is 9.52. The number of nitrogens with two attached hydrogens (primary N) is 1. The van der Waals surface area contributed by atoms with Crippen LogP contribution in [0.25, 0.3) is 0 Å². The standard InChI is InChI=1S/C19H38N2/c1-16(2)17-9-8-13-19(15-20,14-12-17)21(3)18-10-6-4-5-7-11-18/h16-18H,4-15,20H2,1-3H3. The van der Waals surface area contributed by atoms with Crippen LogP contribution in [-0.2, 0) is 0 Å². The van der Waals surface area contributed by atoms with Gasteiger partial charge in [0.05, 0.1) is 0 Å². The van der Waals surface area contributed by atoms with Crippen LogP contribution in [0, 0.1) is 11.8 Å². The second-order valence-electron chi connectivity index (χ2n) is 8.12. The Labute approximate surface area is 132 Å². The Morgan fingerprint density at radius 2 is 1.62 bits per heavy atom. The fourth-order valence-electron chi connectivity index (χ4n) is 4.82. The van der Waals surface area contributed by atoms with Crippen LogP contribution in [0.5, 0.6) is 0 Å². The maximum Gasteiger partial charge on any atom is 0.0331 e. The van der Waals surface area contributed by atoms with Crippen molar-refractivity contribution in [3.63, 3.8) is 0 Å². The molecule has 2 aliphatic rings. The van der Waals surface area contributed by atoms with Crippen molar-refractivity contribution in [2.24, 2.45) is 17.6 Å². The summed E-state index contributed by atoms with van der Waals surface area (Å²) >= 11 is 0. The zero-order chi connectivity index (χ0) is 15.3. The van der Waals surface area contributed by atoms with Crippen LogP contribution in [0.4, 0.5) is 0 Å². The van der Waals surface area contributed by atoms with E-state index in [1.54, 1.807) is 0 Å². The molecule has 0 aliphatic heterocycles. The summed E-state index contributed by atoms with van der Waals surface area (Å²) in [5.74, 6) is 1.75. The van der Waals surface area contributed by atoms with Crippen molar-refractivity contribution in [1.29, 1.82) is 0 Å². The first-order chi connectivity index (χ1) is 10.1. The molecule has 0 aromatic heterocycles. The van der Waals surface area contributed by atoms with E-state index in [1.807, 2.05) is 0 Å². The van der Waals surface area contributed by atoms with E-state index in [4.69, 9.17) is 5.73 Å². The van der Waals surface area contributed by atoms with Gasteiger partial charge in [-0.15, -0.1) is 0 Å². The third-order valence-corrected chi connectivity index (χ3v) is 6.64. The smallest absolute Gasteiger partial charge is 0.0331 e. The minimum atomic E-state index is 0.290. The molecule has 2 nitrogen and oxygen atoms in total. The summed E-state index contributed by atoms with van der Waals surface area (Å²) in [5, 5.41) is 0. The van der Waals surface area contributed by atoms with Crippen LogP contribution < -0.4 is 5.73 Å². The van der Waals surface area contributed by atoms with E-state index in [1.165, 1.54) is 70.6 Å². The van der Waals surface area contributed by atoms with Crippen LogP contribution in [0.2, 0.25) is 0 Å². The zero-order valence-corrected chi connectivity index (χ0v) is 14.7. The molecule has 2 N–H and O–H groups in total. The summed E-state index contributed by atoms with van der Waals surface area (Å²) in [4.78, 5) is 2.74. The van der Waals surface area contributed by atoms with Crippen molar-refractivity contribution < 1.29 is 0 Å². The normalized spacial score (nSPS) is 33.1. The van der Waals surface area contributed by atoms with Crippen LogP contribution in [0.3, 0.4) is 0 Å². The Bertz CT molecular complexity index is 294. The lowest BCUT2D eigenvalue weighted by Gasteiger charge is -2.45. The molecule has 2 fully saturated rings. The third kappa shape index (κ3) is 4.22. The van der Waals surface area contributed by atoms with Crippen molar-refractivity contribution in [2.75, 3.05) is 13.6 Å². The van der Waals surface area contributed by atoms with Crippen LogP contribution in [-0.4, -0.2) is 30.1 Å². The Hall–Kier alpha value is -0.0800. The minimum absolute atomic E-state index is 0.290. The van der Waals surface area contributed by atoms with Gasteiger partial charge >= 0.3 is 0 Å². The van der Waals surface area contributed by atoms with Crippen LogP contribution >= 0.6 is 0 Å². The molecule has 2 atom stereocenters. The maximum absolute atomic E-state index is 6.33. The van der Waals surface area contributed by atoms with E-state index in [2.05, 4.69) is 25.8 Å². The molecule has 2 saturated carbocycles. The van der Waals surface area contributed by atoms with Crippen molar-refractivity contribution in [1.82, 2.24) is 4.90 Å². The fraction of sp³-hybridized carbons (Fsp3) is 1.00. The summed E-state index contributed by atoms with van der Waals surface area (Å²) in [7, 11) is 2.39. The van der Waals surface area contributed by atoms with Crippen molar-refractivity contribution in [3.05, 3.63) is 0 Å². The second-order valence-corrected chi connectivity index (χ2v) is 8.12. The number of rotatable bonds is 4. The van der Waals surface area contributed by atoms with Gasteiger partial charge in [-0.3, -0.25) is 4.90 Å². The molecule has 0 spiro atoms. The highest BCUT2D eigenvalue weighted by Crippen LogP contribution is 2.38. The fourth-order valence-corrected chi connectivity index (χ4v) is 4.82. The van der Waals surface area contributed by atoms with Crippen LogP contribution in [0.1, 0.15) is 84.5 Å². The average molecular weight is 295 g/mol. The van der Waals surface area contributed by atoms with E-state index < -0.39 is 0 Å². The Morgan fingerprint density at radius 3 is 2.19 bits per heavy atom. The van der Waals surface area contributed by atoms with Crippen molar-refractivity contribution in [2.45, 2.75) is 96.1 Å². The molecule has 21 heavy (non-hydrogen) atoms. The summed E-state index contributed by atoms with van der Waals surface area (Å²) in [6, 6.07) is 0.784. The second kappa shape index (κ2) is 7.97. The van der Waals surface area contributed by atoms with Crippen LogP contribution in [0.15, 0.2) is 0 Å². The molecular weight excluding hydrogens is 256 g/mol. The molecule has 0 heterocycles. The molecule has 0 saturated heterocycles. The molecule has 2 rings (SSSR count). The van der Waals surface area contributed by atoms with Gasteiger partial charge in [0.25, 0.3) is 0 Å². The topological polar surface area (TPSA) is 29.3 Å². The minimum Gasteiger partial charge on any atom is -0.329 e. The SMILES string of the molecule is CC(C)C1CCCC(CN)(N(C)C2CCCCCC2)CC1. The van der Waals surface area contributed by atoms with Gasteiger partial charge in [0, 0.05) is 18.1 Å². The van der Waals surface area contributed by atoms with E-state index >= 15 is 0 Å². The number of likely N-dealkylation sites (N-methyl/N-ethyl adjacent to an activating group) is 1. The summed E-state index contributed by atoms with van der Waals surface area (Å²) in [6.45, 7) is 5.65. The maximum atomic E-state index is 6.33. The molecule has 124 valence electrons.